The minimum absolute atomic E-state index is 0.0706. The molecule has 0 bridgehead atoms. The fraction of sp³-hybridized carbons (Fsp3) is 0.951. The van der Waals surface area contributed by atoms with Crippen LogP contribution in [0, 0.1) is 35.5 Å². The Labute approximate surface area is 327 Å². The molecule has 11 nitrogen and oxygen atoms in total. The normalized spacial score (nSPS) is 47.2. The zero-order valence-corrected chi connectivity index (χ0v) is 36.1. The molecule has 2 spiro atoms. The first-order chi connectivity index (χ1) is 24.8. The maximum atomic E-state index is 12.1. The average molecular weight is 869 g/mol. The Morgan fingerprint density at radius 3 is 2.15 bits per heavy atom. The molecule has 4 saturated heterocycles. The summed E-state index contributed by atoms with van der Waals surface area (Å²) in [5.74, 6) is -3.41. The third-order valence-corrected chi connectivity index (χ3v) is 17.6. The first-order valence-corrected chi connectivity index (χ1v) is 23.9. The molecule has 5 rings (SSSR count). The number of alkyl halides is 1. The molecule has 310 valence electrons. The van der Waals surface area contributed by atoms with Crippen molar-refractivity contribution in [2.75, 3.05) is 0 Å². The van der Waals surface area contributed by atoms with Crippen LogP contribution >= 0.6 is 20.6 Å². The van der Waals surface area contributed by atoms with Gasteiger partial charge in [0.2, 0.25) is 5.79 Å². The molecule has 19 atom stereocenters. The summed E-state index contributed by atoms with van der Waals surface area (Å²) in [5.41, 5.74) is -1.60. The molecule has 6 N–H and O–H groups in total. The van der Waals surface area contributed by atoms with Crippen LogP contribution in [-0.2, 0) is 23.7 Å². The molecule has 0 radical (unpaired) electrons. The van der Waals surface area contributed by atoms with E-state index < -0.39 is 73.8 Å². The molecule has 0 amide bonds. The van der Waals surface area contributed by atoms with Gasteiger partial charge in [0.15, 0.2) is 0 Å². The average Bonchev–Trinajstić information content (AvgIpc) is 3.47. The van der Waals surface area contributed by atoms with Gasteiger partial charge in [-0.2, -0.15) is 0 Å². The van der Waals surface area contributed by atoms with E-state index in [0.717, 1.165) is 19.3 Å². The van der Waals surface area contributed by atoms with Crippen LogP contribution in [-0.4, -0.2) is 103 Å². The van der Waals surface area contributed by atoms with Crippen molar-refractivity contribution in [1.29, 1.82) is 0 Å². The molecule has 4 fully saturated rings. The van der Waals surface area contributed by atoms with Gasteiger partial charge >= 0.3 is 191 Å². The summed E-state index contributed by atoms with van der Waals surface area (Å²) in [6, 6.07) is 0. The minimum atomic E-state index is -3.07. The van der Waals surface area contributed by atoms with E-state index in [9.17, 15) is 27.3 Å². The monoisotopic (exact) mass is 868 g/mol. The quantitative estimate of drug-likeness (QED) is 0.0778. The van der Waals surface area contributed by atoms with E-state index in [1.54, 1.807) is 6.08 Å². The summed E-state index contributed by atoms with van der Waals surface area (Å²) in [6.07, 6.45) is 5.93. The predicted molar refractivity (Wildman–Crippen MR) is 211 cm³/mol. The van der Waals surface area contributed by atoms with Crippen LogP contribution < -0.4 is 0 Å². The van der Waals surface area contributed by atoms with E-state index in [-0.39, 0.29) is 57.9 Å². The molecular weight excluding hydrogens is 795 g/mol. The van der Waals surface area contributed by atoms with Gasteiger partial charge in [-0.3, -0.25) is 0 Å². The van der Waals surface area contributed by atoms with Crippen LogP contribution in [0.1, 0.15) is 133 Å². The number of aliphatic hydroxyl groups is 4. The third-order valence-electron chi connectivity index (χ3n) is 14.5. The Balaban J connectivity index is 1.31. The number of ether oxygens (including phenoxy) is 5. The van der Waals surface area contributed by atoms with Gasteiger partial charge in [0.1, 0.15) is 6.10 Å². The van der Waals surface area contributed by atoms with E-state index >= 15 is 0 Å². The maximum absolute atomic E-state index is 12.1. The van der Waals surface area contributed by atoms with Crippen LogP contribution in [0.25, 0.3) is 0 Å². The van der Waals surface area contributed by atoms with Crippen molar-refractivity contribution < 1.29 is 51.0 Å². The zero-order valence-electron chi connectivity index (χ0n) is 34.0. The van der Waals surface area contributed by atoms with Gasteiger partial charge in [0, 0.05) is 12.3 Å². The van der Waals surface area contributed by atoms with Crippen molar-refractivity contribution in [3.8, 4) is 0 Å². The Morgan fingerprint density at radius 1 is 0.849 bits per heavy atom. The van der Waals surface area contributed by atoms with Crippen molar-refractivity contribution in [3.05, 3.63) is 12.2 Å². The molecule has 5 aliphatic heterocycles. The van der Waals surface area contributed by atoms with Crippen molar-refractivity contribution in [2.24, 2.45) is 35.5 Å². The van der Waals surface area contributed by atoms with Gasteiger partial charge < -0.3 is 24.4 Å². The van der Waals surface area contributed by atoms with Crippen LogP contribution in [0.4, 0.5) is 0 Å². The van der Waals surface area contributed by atoms with Gasteiger partial charge in [0.05, 0.1) is 23.4 Å². The molecule has 3 unspecified atom stereocenters. The molecule has 53 heavy (non-hydrogen) atoms. The molecule has 0 aromatic heterocycles. The third kappa shape index (κ3) is 8.47. The Morgan fingerprint density at radius 2 is 1.55 bits per heavy atom. The summed E-state index contributed by atoms with van der Waals surface area (Å²) < 4.78 is 53.8. The van der Waals surface area contributed by atoms with Crippen molar-refractivity contribution in [2.45, 2.75) is 209 Å². The van der Waals surface area contributed by atoms with E-state index in [0.29, 0.717) is 44.9 Å². The molecule has 0 aromatic carbocycles. The van der Waals surface area contributed by atoms with Gasteiger partial charge in [-0.25, -0.2) is 0 Å². The first-order valence-electron chi connectivity index (χ1n) is 20.7. The second kappa shape index (κ2) is 17.1. The fourth-order valence-corrected chi connectivity index (χ4v) is 12.6. The van der Waals surface area contributed by atoms with Crippen LogP contribution in [0.15, 0.2) is 12.2 Å². The Bertz CT molecular complexity index is 1240. The first kappa shape index (κ1) is 44.1. The van der Waals surface area contributed by atoms with Crippen molar-refractivity contribution >= 4 is 20.6 Å². The number of aliphatic hydroxyl groups excluding tert-OH is 3. The zero-order chi connectivity index (χ0) is 39.3. The number of halogens is 1. The van der Waals surface area contributed by atoms with E-state index in [2.05, 4.69) is 20.8 Å². The molecule has 12 heteroatoms. The molecule has 5 aliphatic rings. The predicted octanol–water partition coefficient (Wildman–Crippen LogP) is 5.97. The molecule has 5 heterocycles. The van der Waals surface area contributed by atoms with Crippen molar-refractivity contribution in [1.82, 2.24) is 0 Å². The second-order valence-electron chi connectivity index (χ2n) is 18.0. The number of hydrogen-bond donors (Lipinski definition) is 6. The Kier molecular flexibility index (Phi) is 14.2. The van der Waals surface area contributed by atoms with E-state index in [4.69, 9.17) is 23.7 Å². The van der Waals surface area contributed by atoms with Gasteiger partial charge in [-0.05, 0) is 51.7 Å². The summed E-state index contributed by atoms with van der Waals surface area (Å²) in [6.45, 7) is 20.2. The number of hydrogen-bond acceptors (Lipinski definition) is 11. The summed E-state index contributed by atoms with van der Waals surface area (Å²) in [5, 5.41) is 46.4. The standard InChI is InChI=1S/C41H73IO11/c1-11-29(35(45)26(7)34(44)27(8)36-23(4)14-15-31(50-36)30(12-2)42(47)48)37-24(5)22-25(6)40(51-37)19-16-32(43)41(53-40)21-20-38(10,52-41)33-17-18-39(46,13-3)28(9)49-33/h16,19,23-37,43-48H,11-15,17-18,20-22H2,1-10H3/t23-,24-,25+,26-,27-,28-,29-,30?,31+,32+,33+,34+,35?,36?,37-,38-,39+,40-,41-/m0/s1. The summed E-state index contributed by atoms with van der Waals surface area (Å²) >= 11 is -3.07. The van der Waals surface area contributed by atoms with E-state index in [1.807, 2.05) is 54.5 Å². The van der Waals surface area contributed by atoms with Crippen molar-refractivity contribution in [3.63, 3.8) is 0 Å². The van der Waals surface area contributed by atoms with Gasteiger partial charge in [-0.1, -0.05) is 13.8 Å². The number of rotatable bonds is 12. The fourth-order valence-electron chi connectivity index (χ4n) is 10.6. The molecule has 0 saturated carbocycles. The second-order valence-corrected chi connectivity index (χ2v) is 21.1. The summed E-state index contributed by atoms with van der Waals surface area (Å²) in [7, 11) is 0. The van der Waals surface area contributed by atoms with Gasteiger partial charge in [-0.15, -0.1) is 0 Å². The molecule has 0 aromatic rings. The van der Waals surface area contributed by atoms with Crippen LogP contribution in [0.3, 0.4) is 0 Å². The molecule has 0 aliphatic carbocycles. The van der Waals surface area contributed by atoms with Crippen LogP contribution in [0.5, 0.6) is 0 Å². The summed E-state index contributed by atoms with van der Waals surface area (Å²) in [4.78, 5) is 0. The van der Waals surface area contributed by atoms with Gasteiger partial charge in [0.25, 0.3) is 0 Å². The Hall–Kier alpha value is 0.0300. The van der Waals surface area contributed by atoms with Crippen LogP contribution in [0.2, 0.25) is 0 Å². The van der Waals surface area contributed by atoms with E-state index in [1.165, 1.54) is 0 Å². The molecular formula is C41H73IO11. The SMILES string of the molecule is CCC([C@H]1CC[C@H](C)C([C@@H](C)[C@H](O)[C@H](C)C(O)[C@H](CC)[C@H]2O[C@]3(C=C[C@@H](O)[C@]4(CC[C@@](C)([C@H]5CC[C@](O)(CC)[C@H](C)O5)O4)O3)[C@H](C)C[C@@H]2C)O1)I(O)O. The topological polar surface area (TPSA) is 168 Å².